The second kappa shape index (κ2) is 15.3. The van der Waals surface area contributed by atoms with Gasteiger partial charge >= 0.3 is 0 Å². The molecule has 3 heteroatoms. The first-order chi connectivity index (χ1) is 34.2. The van der Waals surface area contributed by atoms with E-state index >= 15 is 0 Å². The Kier molecular flexibility index (Phi) is 8.71. The summed E-state index contributed by atoms with van der Waals surface area (Å²) in [5.41, 5.74) is 29.1. The van der Waals surface area contributed by atoms with E-state index in [0.717, 1.165) is 28.1 Å². The Bertz CT molecular complexity index is 4040. The standard InChI is InChI=1S/C66H45N3/c67-59(45-19-5-2-6-20-45)42-48(43-17-3-1-4-18-43)34-33-46-21-15-27-57-64(46)54-41-47(44-35-38-49(39-36-44)68-60-29-11-7-22-50(60)51-23-8-12-30-61(51)68)37-40-55(54)66(57)56-26-10-14-32-63(56)69-62-31-13-9-24-52(62)53-25-16-28-58(66)65(53)69/h1-32,34-42H,33,67H2/b48-34+,59-42-. The average Bonchev–Trinajstić information content (AvgIpc) is 4.05. The van der Waals surface area contributed by atoms with E-state index in [-0.39, 0.29) is 0 Å². The number of hydrogen-bond donors (Lipinski definition) is 1. The van der Waals surface area contributed by atoms with Crippen molar-refractivity contribution in [3.05, 3.63) is 288 Å². The van der Waals surface area contributed by atoms with Crippen molar-refractivity contribution >= 4 is 54.9 Å². The minimum atomic E-state index is -0.566. The lowest BCUT2D eigenvalue weighted by atomic mass is 9.65. The van der Waals surface area contributed by atoms with E-state index in [9.17, 15) is 0 Å². The zero-order valence-electron chi connectivity index (χ0n) is 37.9. The molecule has 0 amide bonds. The van der Waals surface area contributed by atoms with Crippen LogP contribution in [-0.4, -0.2) is 9.13 Å². The zero-order chi connectivity index (χ0) is 45.6. The Morgan fingerprint density at radius 2 is 0.986 bits per heavy atom. The van der Waals surface area contributed by atoms with Gasteiger partial charge in [0, 0.05) is 32.9 Å². The van der Waals surface area contributed by atoms with E-state index < -0.39 is 5.41 Å². The molecular weight excluding hydrogens is 835 g/mol. The van der Waals surface area contributed by atoms with Gasteiger partial charge < -0.3 is 14.9 Å². The van der Waals surface area contributed by atoms with Crippen molar-refractivity contribution in [2.24, 2.45) is 5.73 Å². The van der Waals surface area contributed by atoms with Gasteiger partial charge in [-0.2, -0.15) is 0 Å². The highest BCUT2D eigenvalue weighted by Gasteiger charge is 2.51. The van der Waals surface area contributed by atoms with Gasteiger partial charge in [-0.25, -0.2) is 0 Å². The first-order valence-electron chi connectivity index (χ1n) is 23.9. The lowest BCUT2D eigenvalue weighted by Gasteiger charge is -2.39. The molecular formula is C66H45N3. The highest BCUT2D eigenvalue weighted by molar-refractivity contribution is 6.13. The second-order valence-electron chi connectivity index (χ2n) is 18.5. The van der Waals surface area contributed by atoms with E-state index in [1.807, 2.05) is 18.2 Å². The zero-order valence-corrected chi connectivity index (χ0v) is 37.9. The molecule has 0 bridgehead atoms. The summed E-state index contributed by atoms with van der Waals surface area (Å²) in [5.74, 6) is 0. The highest BCUT2D eigenvalue weighted by atomic mass is 15.0. The van der Waals surface area contributed by atoms with E-state index in [2.05, 4.69) is 240 Å². The van der Waals surface area contributed by atoms with Crippen LogP contribution in [0.15, 0.2) is 249 Å². The first kappa shape index (κ1) is 39.3. The summed E-state index contributed by atoms with van der Waals surface area (Å²) in [6, 6.07) is 86.8. The minimum absolute atomic E-state index is 0.566. The van der Waals surface area contributed by atoms with E-state index in [4.69, 9.17) is 5.73 Å². The molecule has 0 saturated heterocycles. The largest absolute Gasteiger partial charge is 0.398 e. The summed E-state index contributed by atoms with van der Waals surface area (Å²) in [6.45, 7) is 0. The van der Waals surface area contributed by atoms with Gasteiger partial charge in [0.2, 0.25) is 0 Å². The molecule has 1 aliphatic heterocycles. The summed E-state index contributed by atoms with van der Waals surface area (Å²) >= 11 is 0. The number of benzene rings is 10. The van der Waals surface area contributed by atoms with Crippen molar-refractivity contribution < 1.29 is 0 Å². The summed E-state index contributed by atoms with van der Waals surface area (Å²) in [6.07, 6.45) is 5.22. The molecule has 1 spiro atoms. The molecule has 0 saturated carbocycles. The molecule has 2 aromatic heterocycles. The number of fused-ring (bicyclic) bond motifs is 15. The average molecular weight is 880 g/mol. The highest BCUT2D eigenvalue weighted by Crippen LogP contribution is 2.62. The summed E-state index contributed by atoms with van der Waals surface area (Å²) in [4.78, 5) is 0. The molecule has 10 aromatic carbocycles. The van der Waals surface area contributed by atoms with Crippen LogP contribution < -0.4 is 5.73 Å². The van der Waals surface area contributed by atoms with Crippen molar-refractivity contribution in [2.75, 3.05) is 0 Å². The van der Waals surface area contributed by atoms with Crippen LogP contribution in [0.2, 0.25) is 0 Å². The lowest BCUT2D eigenvalue weighted by Crippen LogP contribution is -2.33. The Morgan fingerprint density at radius 1 is 0.435 bits per heavy atom. The molecule has 0 radical (unpaired) electrons. The van der Waals surface area contributed by atoms with Gasteiger partial charge in [-0.15, -0.1) is 0 Å². The van der Waals surface area contributed by atoms with Gasteiger partial charge in [0.25, 0.3) is 0 Å². The Morgan fingerprint density at radius 3 is 1.71 bits per heavy atom. The number of nitrogens with zero attached hydrogens (tertiary/aromatic N) is 2. The molecule has 1 atom stereocenters. The van der Waals surface area contributed by atoms with Gasteiger partial charge in [0.1, 0.15) is 0 Å². The number of hydrogen-bond acceptors (Lipinski definition) is 1. The number of para-hydroxylation sites is 5. The van der Waals surface area contributed by atoms with E-state index in [1.165, 1.54) is 99.4 Å². The molecule has 0 fully saturated rings. The topological polar surface area (TPSA) is 35.9 Å². The molecule has 3 nitrogen and oxygen atoms in total. The van der Waals surface area contributed by atoms with Crippen molar-refractivity contribution in [1.82, 2.24) is 9.13 Å². The normalized spacial score (nSPS) is 15.0. The maximum atomic E-state index is 6.87. The van der Waals surface area contributed by atoms with Crippen LogP contribution >= 0.6 is 0 Å². The molecule has 2 aliphatic rings. The first-order valence-corrected chi connectivity index (χ1v) is 23.9. The SMILES string of the molecule is N/C(=C\C(=C/Cc1cccc2c1-c1cc(-c3ccc(-n4c5ccccc5c5ccccc54)cc3)ccc1C21c2ccccc2-n2c3ccccc3c3cccc1c32)c1ccccc1)c1ccccc1. The van der Waals surface area contributed by atoms with Crippen LogP contribution in [0.3, 0.4) is 0 Å². The maximum absolute atomic E-state index is 6.87. The number of nitrogens with two attached hydrogens (primary N) is 1. The van der Waals surface area contributed by atoms with Crippen molar-refractivity contribution in [2.45, 2.75) is 11.8 Å². The molecule has 1 unspecified atom stereocenters. The van der Waals surface area contributed by atoms with Gasteiger partial charge in [-0.1, -0.05) is 200 Å². The summed E-state index contributed by atoms with van der Waals surface area (Å²) < 4.78 is 4.91. The van der Waals surface area contributed by atoms with Crippen LogP contribution in [0, 0.1) is 0 Å². The van der Waals surface area contributed by atoms with Gasteiger partial charge in [-0.05, 0) is 122 Å². The van der Waals surface area contributed by atoms with Gasteiger partial charge in [0.05, 0.1) is 33.2 Å². The number of allylic oxidation sites excluding steroid dienone is 3. The lowest BCUT2D eigenvalue weighted by molar-refractivity contribution is 0.748. The molecule has 69 heavy (non-hydrogen) atoms. The van der Waals surface area contributed by atoms with Crippen molar-refractivity contribution in [3.8, 4) is 33.6 Å². The smallest absolute Gasteiger partial charge is 0.0754 e. The maximum Gasteiger partial charge on any atom is 0.0754 e. The fourth-order valence-electron chi connectivity index (χ4n) is 12.1. The summed E-state index contributed by atoms with van der Waals surface area (Å²) in [7, 11) is 0. The van der Waals surface area contributed by atoms with E-state index in [1.54, 1.807) is 0 Å². The Hall–Kier alpha value is -8.92. The minimum Gasteiger partial charge on any atom is -0.398 e. The van der Waals surface area contributed by atoms with Crippen LogP contribution in [0.5, 0.6) is 0 Å². The van der Waals surface area contributed by atoms with Crippen LogP contribution in [0.25, 0.3) is 88.5 Å². The fourth-order valence-corrected chi connectivity index (χ4v) is 12.1. The molecule has 12 aromatic rings. The van der Waals surface area contributed by atoms with Crippen LogP contribution in [0.1, 0.15) is 38.9 Å². The third-order valence-electron chi connectivity index (χ3n) is 15.0. The predicted molar refractivity (Wildman–Crippen MR) is 288 cm³/mol. The third kappa shape index (κ3) is 5.74. The molecule has 324 valence electrons. The monoisotopic (exact) mass is 879 g/mol. The van der Waals surface area contributed by atoms with Crippen molar-refractivity contribution in [3.63, 3.8) is 0 Å². The van der Waals surface area contributed by atoms with Crippen LogP contribution in [0.4, 0.5) is 0 Å². The van der Waals surface area contributed by atoms with Gasteiger partial charge in [-0.3, -0.25) is 0 Å². The third-order valence-corrected chi connectivity index (χ3v) is 15.0. The molecule has 14 rings (SSSR count). The van der Waals surface area contributed by atoms with Gasteiger partial charge in [0.15, 0.2) is 0 Å². The van der Waals surface area contributed by atoms with E-state index in [0.29, 0.717) is 6.42 Å². The van der Waals surface area contributed by atoms with Crippen molar-refractivity contribution in [1.29, 1.82) is 0 Å². The molecule has 3 heterocycles. The number of aromatic nitrogens is 2. The Labute approximate surface area is 401 Å². The second-order valence-corrected chi connectivity index (χ2v) is 18.5. The number of rotatable bonds is 7. The predicted octanol–water partition coefficient (Wildman–Crippen LogP) is 15.9. The summed E-state index contributed by atoms with van der Waals surface area (Å²) in [5, 5.41) is 5.08. The fraction of sp³-hybridized carbons (Fsp3) is 0.0303. The molecule has 2 N–H and O–H groups in total. The molecule has 1 aliphatic carbocycles. The quantitative estimate of drug-likeness (QED) is 0.159. The Balaban J connectivity index is 0.990. The van der Waals surface area contributed by atoms with Crippen LogP contribution in [-0.2, 0) is 11.8 Å².